The zero-order valence-corrected chi connectivity index (χ0v) is 19.3. The van der Waals surface area contributed by atoms with Crippen LogP contribution in [0, 0.1) is 26.2 Å². The van der Waals surface area contributed by atoms with Gasteiger partial charge in [0.15, 0.2) is 0 Å². The average Bonchev–Trinajstić information content (AvgIpc) is 3.17. The van der Waals surface area contributed by atoms with Gasteiger partial charge in [0.2, 0.25) is 0 Å². The Balaban J connectivity index is 1.86. The molecule has 0 aliphatic heterocycles. The summed E-state index contributed by atoms with van der Waals surface area (Å²) in [5.74, 6) is 0.977. The van der Waals surface area contributed by atoms with Crippen LogP contribution in [0.2, 0.25) is 0 Å². The first-order valence-corrected chi connectivity index (χ1v) is 11.3. The highest BCUT2D eigenvalue weighted by Crippen LogP contribution is 2.44. The number of benzene rings is 2. The van der Waals surface area contributed by atoms with Crippen molar-refractivity contribution in [2.24, 2.45) is 5.41 Å². The smallest absolute Gasteiger partial charge is 0.144 e. The van der Waals surface area contributed by atoms with Gasteiger partial charge in [-0.1, -0.05) is 45.0 Å². The van der Waals surface area contributed by atoms with Crippen LogP contribution in [0.15, 0.2) is 47.0 Å². The van der Waals surface area contributed by atoms with Gasteiger partial charge in [-0.05, 0) is 72.0 Å². The molecule has 0 spiro atoms. The molecule has 2 aromatic carbocycles. The van der Waals surface area contributed by atoms with Crippen molar-refractivity contribution in [1.82, 2.24) is 4.98 Å². The van der Waals surface area contributed by atoms with E-state index < -0.39 is 0 Å². The number of aromatic nitrogens is 1. The van der Waals surface area contributed by atoms with E-state index in [0.29, 0.717) is 0 Å². The summed E-state index contributed by atoms with van der Waals surface area (Å²) >= 11 is 1.89. The van der Waals surface area contributed by atoms with E-state index in [1.54, 1.807) is 0 Å². The first-order valence-electron chi connectivity index (χ1n) is 10.5. The Kier molecular flexibility index (Phi) is 4.30. The molecular weight excluding hydrogens is 386 g/mol. The van der Waals surface area contributed by atoms with Crippen LogP contribution in [0.1, 0.15) is 42.5 Å². The minimum Gasteiger partial charge on any atom is -0.460 e. The van der Waals surface area contributed by atoms with Crippen LogP contribution < -0.4 is 0 Å². The fourth-order valence-electron chi connectivity index (χ4n) is 4.43. The van der Waals surface area contributed by atoms with Gasteiger partial charge in [-0.25, -0.2) is 0 Å². The van der Waals surface area contributed by atoms with Crippen LogP contribution in [-0.4, -0.2) is 4.98 Å². The van der Waals surface area contributed by atoms with Crippen molar-refractivity contribution in [1.29, 1.82) is 0 Å². The molecule has 0 radical (unpaired) electrons. The molecule has 152 valence electrons. The zero-order valence-electron chi connectivity index (χ0n) is 18.5. The topological polar surface area (TPSA) is 26.0 Å². The summed E-state index contributed by atoms with van der Waals surface area (Å²) in [5, 5.41) is 4.99. The SMILES string of the molecule is Cc1oc2c(-c3nccc4c(C)c(CC(C)(C)C)sc34)cc3ccccc3c2c1C. The fourth-order valence-corrected chi connectivity index (χ4v) is 6.03. The second-order valence-corrected chi connectivity index (χ2v) is 10.7. The molecule has 30 heavy (non-hydrogen) atoms. The fraction of sp³-hybridized carbons (Fsp3) is 0.296. The van der Waals surface area contributed by atoms with Gasteiger partial charge in [0.25, 0.3) is 0 Å². The number of hydrogen-bond donors (Lipinski definition) is 0. The monoisotopic (exact) mass is 413 g/mol. The highest BCUT2D eigenvalue weighted by molar-refractivity contribution is 7.19. The van der Waals surface area contributed by atoms with E-state index in [-0.39, 0.29) is 5.41 Å². The maximum Gasteiger partial charge on any atom is 0.144 e. The van der Waals surface area contributed by atoms with Crippen LogP contribution in [0.5, 0.6) is 0 Å². The number of pyridine rings is 1. The van der Waals surface area contributed by atoms with E-state index in [4.69, 9.17) is 9.40 Å². The molecular formula is C27H27NOS. The Hall–Kier alpha value is -2.65. The van der Waals surface area contributed by atoms with E-state index in [0.717, 1.165) is 29.0 Å². The highest BCUT2D eigenvalue weighted by atomic mass is 32.1. The summed E-state index contributed by atoms with van der Waals surface area (Å²) in [7, 11) is 0. The number of thiophene rings is 1. The van der Waals surface area contributed by atoms with Gasteiger partial charge in [0.05, 0.1) is 10.4 Å². The van der Waals surface area contributed by atoms with Gasteiger partial charge < -0.3 is 4.42 Å². The molecule has 0 aliphatic rings. The van der Waals surface area contributed by atoms with Crippen molar-refractivity contribution in [3.63, 3.8) is 0 Å². The minimum atomic E-state index is 0.255. The molecule has 5 rings (SSSR count). The second-order valence-electron chi connectivity index (χ2n) is 9.56. The average molecular weight is 414 g/mol. The largest absolute Gasteiger partial charge is 0.460 e. The third-order valence-electron chi connectivity index (χ3n) is 6.06. The summed E-state index contributed by atoms with van der Waals surface area (Å²) in [5.41, 5.74) is 5.93. The molecule has 0 amide bonds. The van der Waals surface area contributed by atoms with Crippen molar-refractivity contribution in [2.75, 3.05) is 0 Å². The lowest BCUT2D eigenvalue weighted by Crippen LogP contribution is -2.08. The molecule has 0 unspecified atom stereocenters. The number of aryl methyl sites for hydroxylation is 3. The van der Waals surface area contributed by atoms with Gasteiger partial charge in [-0.3, -0.25) is 4.98 Å². The number of furan rings is 1. The van der Waals surface area contributed by atoms with Crippen molar-refractivity contribution in [3.05, 3.63) is 64.4 Å². The maximum absolute atomic E-state index is 6.32. The lowest BCUT2D eigenvalue weighted by Gasteiger charge is -2.17. The van der Waals surface area contributed by atoms with Crippen LogP contribution in [-0.2, 0) is 6.42 Å². The molecule has 0 fully saturated rings. The third-order valence-corrected chi connectivity index (χ3v) is 7.37. The number of nitrogens with zero attached hydrogens (tertiary/aromatic N) is 1. The minimum absolute atomic E-state index is 0.255. The second kappa shape index (κ2) is 6.68. The van der Waals surface area contributed by atoms with Crippen LogP contribution in [0.25, 0.3) is 43.1 Å². The summed E-state index contributed by atoms with van der Waals surface area (Å²) in [4.78, 5) is 6.33. The zero-order chi connectivity index (χ0) is 21.2. The maximum atomic E-state index is 6.32. The van der Waals surface area contributed by atoms with Gasteiger partial charge in [0, 0.05) is 22.0 Å². The number of hydrogen-bond acceptors (Lipinski definition) is 3. The van der Waals surface area contributed by atoms with Crippen molar-refractivity contribution in [3.8, 4) is 11.3 Å². The molecule has 0 aliphatic carbocycles. The van der Waals surface area contributed by atoms with Gasteiger partial charge in [-0.15, -0.1) is 11.3 Å². The van der Waals surface area contributed by atoms with E-state index in [1.165, 1.54) is 42.2 Å². The van der Waals surface area contributed by atoms with Crippen molar-refractivity contribution >= 4 is 43.2 Å². The third kappa shape index (κ3) is 2.95. The van der Waals surface area contributed by atoms with Crippen molar-refractivity contribution < 1.29 is 4.42 Å². The van der Waals surface area contributed by atoms with Crippen LogP contribution in [0.4, 0.5) is 0 Å². The quantitative estimate of drug-likeness (QED) is 0.290. The van der Waals surface area contributed by atoms with Crippen molar-refractivity contribution in [2.45, 2.75) is 48.0 Å². The Morgan fingerprint density at radius 3 is 2.50 bits per heavy atom. The summed E-state index contributed by atoms with van der Waals surface area (Å²) < 4.78 is 7.59. The molecule has 0 bridgehead atoms. The number of fused-ring (bicyclic) bond motifs is 4. The van der Waals surface area contributed by atoms with E-state index in [9.17, 15) is 0 Å². The molecule has 3 aromatic heterocycles. The molecule has 3 heteroatoms. The predicted molar refractivity (Wildman–Crippen MR) is 130 cm³/mol. The van der Waals surface area contributed by atoms with E-state index in [1.807, 2.05) is 17.5 Å². The molecule has 5 aromatic rings. The summed E-state index contributed by atoms with van der Waals surface area (Å²) in [6, 6.07) is 13.0. The van der Waals surface area contributed by atoms with Gasteiger partial charge >= 0.3 is 0 Å². The van der Waals surface area contributed by atoms with Gasteiger partial charge in [-0.2, -0.15) is 0 Å². The first kappa shape index (κ1) is 19.3. The Morgan fingerprint density at radius 2 is 1.73 bits per heavy atom. The normalized spacial score (nSPS) is 12.5. The lowest BCUT2D eigenvalue weighted by molar-refractivity contribution is 0.414. The summed E-state index contributed by atoms with van der Waals surface area (Å²) in [6.07, 6.45) is 3.02. The van der Waals surface area contributed by atoms with Crippen LogP contribution >= 0.6 is 11.3 Å². The van der Waals surface area contributed by atoms with Gasteiger partial charge in [0.1, 0.15) is 11.3 Å². The Bertz CT molecular complexity index is 1430. The Morgan fingerprint density at radius 1 is 0.967 bits per heavy atom. The number of rotatable bonds is 2. The van der Waals surface area contributed by atoms with E-state index in [2.05, 4.69) is 77.9 Å². The highest BCUT2D eigenvalue weighted by Gasteiger charge is 2.22. The van der Waals surface area contributed by atoms with Crippen LogP contribution in [0.3, 0.4) is 0 Å². The molecule has 0 atom stereocenters. The predicted octanol–water partition coefficient (Wildman–Crippen LogP) is 8.38. The molecule has 0 saturated carbocycles. The molecule has 0 saturated heterocycles. The van der Waals surface area contributed by atoms with E-state index >= 15 is 0 Å². The molecule has 0 N–H and O–H groups in total. The lowest BCUT2D eigenvalue weighted by atomic mass is 9.90. The molecule has 2 nitrogen and oxygen atoms in total. The Labute approximate surface area is 181 Å². The molecule has 3 heterocycles. The standard InChI is InChI=1S/C27H27NOS/c1-15-17(3)29-25-21(13-18-9-7-8-10-20(18)23(15)25)24-26-19(11-12-28-24)16(2)22(30-26)14-27(4,5)6/h7-13H,14H2,1-6H3. The summed E-state index contributed by atoms with van der Waals surface area (Å²) in [6.45, 7) is 13.4. The first-order chi connectivity index (χ1) is 14.2.